The van der Waals surface area contributed by atoms with Gasteiger partial charge in [-0.05, 0) is 173 Å². The SMILES string of the molecule is Cc1cc(C)c(-c2cc(Oc3[c-]c4c(cc3)c3ccccc3n4-c3cc(C4(c5cccc6c5ccc5ccccc56)C5CC6CC(C5)CC4C6)ccn3)[c-]c(N3[CH-]N(c4c(-c5ccccc5)cccc4-c4ccccc4)c4ccccc43)c2)c(C)c1.[Pt]. The number of anilines is 4. The summed E-state index contributed by atoms with van der Waals surface area (Å²) in [6, 6.07) is 92.2. The van der Waals surface area contributed by atoms with Crippen LogP contribution in [0, 0.1) is 63.2 Å². The first-order valence-corrected chi connectivity index (χ1v) is 30.8. The minimum Gasteiger partial charge on any atom is -0.509 e. The van der Waals surface area contributed by atoms with Crippen molar-refractivity contribution in [2.24, 2.45) is 23.7 Å². The molecule has 5 aliphatic rings. The molecule has 6 heteroatoms. The van der Waals surface area contributed by atoms with Gasteiger partial charge in [0.2, 0.25) is 0 Å². The van der Waals surface area contributed by atoms with Crippen molar-refractivity contribution in [1.29, 1.82) is 0 Å². The normalized spacial score (nSPS) is 19.3. The first-order valence-electron chi connectivity index (χ1n) is 30.8. The molecule has 13 aromatic rings. The van der Waals surface area contributed by atoms with Crippen LogP contribution in [0.3, 0.4) is 0 Å². The van der Waals surface area contributed by atoms with Crippen LogP contribution in [0.2, 0.25) is 0 Å². The van der Waals surface area contributed by atoms with Crippen LogP contribution in [0.25, 0.3) is 82.5 Å². The summed E-state index contributed by atoms with van der Waals surface area (Å²) in [4.78, 5) is 9.98. The van der Waals surface area contributed by atoms with Crippen LogP contribution in [0.1, 0.15) is 59.9 Å². The molecule has 426 valence electrons. The first-order chi connectivity index (χ1) is 42.3. The number of nitrogens with zero attached hydrogens (tertiary/aromatic N) is 4. The molecule has 3 heterocycles. The molecule has 0 saturated heterocycles. The molecule has 0 spiro atoms. The van der Waals surface area contributed by atoms with E-state index in [1.165, 1.54) is 87.0 Å². The van der Waals surface area contributed by atoms with Crippen molar-refractivity contribution in [2.75, 3.05) is 9.80 Å². The zero-order valence-electron chi connectivity index (χ0n) is 49.0. The molecule has 0 amide bonds. The molecule has 4 bridgehead atoms. The van der Waals surface area contributed by atoms with Crippen LogP contribution >= 0.6 is 0 Å². The van der Waals surface area contributed by atoms with E-state index in [9.17, 15) is 0 Å². The summed E-state index contributed by atoms with van der Waals surface area (Å²) in [5, 5.41) is 7.60. The van der Waals surface area contributed by atoms with Gasteiger partial charge in [-0.25, -0.2) is 4.98 Å². The molecular formula is C81H63N4OPt-3. The zero-order chi connectivity index (χ0) is 57.2. The van der Waals surface area contributed by atoms with Crippen molar-refractivity contribution in [3.8, 4) is 50.7 Å². The van der Waals surface area contributed by atoms with Gasteiger partial charge in [-0.1, -0.05) is 187 Å². The van der Waals surface area contributed by atoms with Gasteiger partial charge in [0.15, 0.2) is 0 Å². The number of ether oxygens (including phenoxy) is 1. The predicted molar refractivity (Wildman–Crippen MR) is 354 cm³/mol. The summed E-state index contributed by atoms with van der Waals surface area (Å²) in [5.74, 6) is 4.81. The van der Waals surface area contributed by atoms with Crippen LogP contribution in [0.4, 0.5) is 22.7 Å². The third-order valence-corrected chi connectivity index (χ3v) is 20.0. The molecule has 2 aromatic heterocycles. The third-order valence-electron chi connectivity index (χ3n) is 20.0. The second kappa shape index (κ2) is 21.1. The predicted octanol–water partition coefficient (Wildman–Crippen LogP) is 21.0. The summed E-state index contributed by atoms with van der Waals surface area (Å²) >= 11 is 0. The molecule has 4 aliphatic carbocycles. The number of aromatic nitrogens is 2. The van der Waals surface area contributed by atoms with Crippen molar-refractivity contribution in [1.82, 2.24) is 9.55 Å². The molecule has 5 nitrogen and oxygen atoms in total. The molecule has 0 unspecified atom stereocenters. The maximum atomic E-state index is 7.22. The molecule has 1 aliphatic heterocycles. The smallest absolute Gasteiger partial charge is 0.135 e. The van der Waals surface area contributed by atoms with Crippen LogP contribution in [-0.2, 0) is 26.5 Å². The van der Waals surface area contributed by atoms with Crippen LogP contribution in [0.5, 0.6) is 11.5 Å². The van der Waals surface area contributed by atoms with E-state index in [0.717, 1.165) is 90.0 Å². The topological polar surface area (TPSA) is 33.5 Å². The second-order valence-corrected chi connectivity index (χ2v) is 25.0. The van der Waals surface area contributed by atoms with Crippen LogP contribution < -0.4 is 14.5 Å². The Kier molecular flexibility index (Phi) is 13.0. The fourth-order valence-electron chi connectivity index (χ4n) is 17.0. The Labute approximate surface area is 523 Å². The zero-order valence-corrected chi connectivity index (χ0v) is 51.2. The van der Waals surface area contributed by atoms with E-state index in [2.05, 4.69) is 291 Å². The Hall–Kier alpha value is -9.02. The van der Waals surface area contributed by atoms with E-state index in [4.69, 9.17) is 9.72 Å². The largest absolute Gasteiger partial charge is 0.509 e. The summed E-state index contributed by atoms with van der Waals surface area (Å²) in [6.45, 7) is 8.85. The molecule has 87 heavy (non-hydrogen) atoms. The van der Waals surface area contributed by atoms with E-state index >= 15 is 0 Å². The molecule has 0 atom stereocenters. The summed E-state index contributed by atoms with van der Waals surface area (Å²) in [6.07, 6.45) is 8.59. The maximum Gasteiger partial charge on any atom is 0.135 e. The molecule has 0 radical (unpaired) electrons. The Morgan fingerprint density at radius 1 is 0.494 bits per heavy atom. The Bertz CT molecular complexity index is 4740. The molecular weight excluding hydrogens is 1240 g/mol. The molecule has 4 fully saturated rings. The van der Waals surface area contributed by atoms with Crippen LogP contribution in [0.15, 0.2) is 237 Å². The van der Waals surface area contributed by atoms with Crippen molar-refractivity contribution in [3.05, 3.63) is 283 Å². The quantitative estimate of drug-likeness (QED) is 0.101. The summed E-state index contributed by atoms with van der Waals surface area (Å²) < 4.78 is 9.56. The van der Waals surface area contributed by atoms with E-state index in [-0.39, 0.29) is 26.5 Å². The molecule has 0 N–H and O–H groups in total. The minimum absolute atomic E-state index is 0. The minimum atomic E-state index is -0.156. The maximum absolute atomic E-state index is 7.22. The van der Waals surface area contributed by atoms with Gasteiger partial charge in [0, 0.05) is 77.9 Å². The van der Waals surface area contributed by atoms with E-state index in [0.29, 0.717) is 23.3 Å². The number of hydrogen-bond donors (Lipinski definition) is 0. The van der Waals surface area contributed by atoms with Gasteiger partial charge in [-0.2, -0.15) is 6.07 Å². The van der Waals surface area contributed by atoms with Gasteiger partial charge in [0.1, 0.15) is 5.82 Å². The van der Waals surface area contributed by atoms with Crippen LogP contribution in [-0.4, -0.2) is 9.55 Å². The molecule has 18 rings (SSSR count). The average Bonchev–Trinajstić information content (AvgIpc) is 1.18. The molecule has 11 aromatic carbocycles. The fourth-order valence-corrected chi connectivity index (χ4v) is 17.0. The molecule has 4 saturated carbocycles. The van der Waals surface area contributed by atoms with E-state index < -0.39 is 0 Å². The summed E-state index contributed by atoms with van der Waals surface area (Å²) in [5.41, 5.74) is 19.3. The monoisotopic (exact) mass is 1300 g/mol. The van der Waals surface area contributed by atoms with Gasteiger partial charge in [-0.15, -0.1) is 53.6 Å². The van der Waals surface area contributed by atoms with Gasteiger partial charge in [0.25, 0.3) is 0 Å². The number of pyridine rings is 1. The van der Waals surface area contributed by atoms with Crippen molar-refractivity contribution < 1.29 is 25.8 Å². The number of rotatable bonds is 10. The standard InChI is InChI=1S/C81H63N4O.Pt/c1-51-38-52(2)79(53(3)39-51)59-45-63(83-50-84(76-31-15-14-30-75(76)83)80-67(56-18-6-4-7-19-56)25-16-26-68(80)57-20-8-5-9-21-57)48-65(46-59)86-64-33-35-72-71-24-12-13-29-74(71)85(77(72)49-64)78-47-60(36-37-82-78)81(61-41-54-40-55(43-61)44-62(81)42-54)73-28-17-27-69-66-23-11-10-22-58(66)32-34-70(69)73;/h4-39,45-47,50,54-55,61-62H,40-44H2,1-3H3;/q-3;. The Morgan fingerprint density at radius 3 is 1.84 bits per heavy atom. The van der Waals surface area contributed by atoms with E-state index in [1.54, 1.807) is 0 Å². The van der Waals surface area contributed by atoms with Gasteiger partial charge < -0.3 is 19.1 Å². The van der Waals surface area contributed by atoms with Crippen molar-refractivity contribution in [2.45, 2.75) is 58.3 Å². The number of benzene rings is 11. The van der Waals surface area contributed by atoms with Gasteiger partial charge in [0.05, 0.1) is 0 Å². The summed E-state index contributed by atoms with van der Waals surface area (Å²) in [7, 11) is 0. The second-order valence-electron chi connectivity index (χ2n) is 25.0. The fraction of sp³-hybridized carbons (Fsp3) is 0.160. The average molecular weight is 1300 g/mol. The van der Waals surface area contributed by atoms with Gasteiger partial charge in [-0.3, -0.25) is 0 Å². The number of hydrogen-bond acceptors (Lipinski definition) is 4. The number of fused-ring (bicyclic) bond motifs is 7. The van der Waals surface area contributed by atoms with Crippen molar-refractivity contribution >= 4 is 66.1 Å². The van der Waals surface area contributed by atoms with Crippen molar-refractivity contribution in [3.63, 3.8) is 0 Å². The van der Waals surface area contributed by atoms with Gasteiger partial charge >= 0.3 is 0 Å². The van der Waals surface area contributed by atoms with E-state index in [1.807, 2.05) is 0 Å². The first kappa shape index (κ1) is 53.4. The third kappa shape index (κ3) is 8.63. The number of aryl methyl sites for hydroxylation is 3. The Morgan fingerprint density at radius 2 is 1.11 bits per heavy atom. The Balaban J connectivity index is 0.00000612. The number of para-hydroxylation sites is 4.